The molecule has 0 rings (SSSR count). The van der Waals surface area contributed by atoms with Crippen molar-refractivity contribution in [1.29, 1.82) is 0 Å². The number of ether oxygens (including phenoxy) is 2. The van der Waals surface area contributed by atoms with Gasteiger partial charge in [0.05, 0.1) is 27.7 Å². The Morgan fingerprint density at radius 2 is 1.24 bits per heavy atom. The molecule has 0 aliphatic heterocycles. The van der Waals surface area contributed by atoms with Crippen LogP contribution in [-0.2, 0) is 32.7 Å². The average molecular weight is 607 g/mol. The summed E-state index contributed by atoms with van der Waals surface area (Å²) < 4.78 is 33.6. The van der Waals surface area contributed by atoms with Gasteiger partial charge in [-0.05, 0) is 38.5 Å². The third kappa shape index (κ3) is 28.6. The van der Waals surface area contributed by atoms with Crippen LogP contribution >= 0.6 is 7.82 Å². The molecule has 242 valence electrons. The van der Waals surface area contributed by atoms with Gasteiger partial charge in [0.15, 0.2) is 6.10 Å². The van der Waals surface area contributed by atoms with Crippen LogP contribution in [0.15, 0.2) is 12.2 Å². The molecule has 10 heteroatoms. The van der Waals surface area contributed by atoms with E-state index in [-0.39, 0.29) is 26.1 Å². The van der Waals surface area contributed by atoms with E-state index in [0.717, 1.165) is 51.4 Å². The molecule has 2 atom stereocenters. The number of allylic oxidation sites excluding steroid dienone is 2. The quantitative estimate of drug-likeness (QED) is 0.0321. The number of quaternary nitrogens is 1. The Bertz CT molecular complexity index is 738. The van der Waals surface area contributed by atoms with Gasteiger partial charge >= 0.3 is 19.8 Å². The van der Waals surface area contributed by atoms with Gasteiger partial charge in [0, 0.05) is 12.8 Å². The standard InChI is InChI=1S/C31H60NO8P/c1-6-8-10-11-12-13-14-15-16-17-18-19-20-22-24-31(34)40-29(27-37-30(33)23-21-9-7-2)28-39-41(35,36)38-26-25-32(3,4)5/h14-15,29H,6-13,16-28H2,1-5H3/p+1/b15-14-. The number of phosphoric ester groups is 1. The van der Waals surface area contributed by atoms with Gasteiger partial charge in [0.1, 0.15) is 19.8 Å². The Hall–Kier alpha value is -1.25. The van der Waals surface area contributed by atoms with Crippen molar-refractivity contribution in [2.24, 2.45) is 0 Å². The molecular weight excluding hydrogens is 545 g/mol. The van der Waals surface area contributed by atoms with Crippen LogP contribution in [-0.4, -0.2) is 74.9 Å². The first kappa shape index (κ1) is 39.8. The number of carbonyl (C=O) groups is 2. The predicted octanol–water partition coefficient (Wildman–Crippen LogP) is 7.51. The number of hydrogen-bond acceptors (Lipinski definition) is 7. The molecule has 1 N–H and O–H groups in total. The van der Waals surface area contributed by atoms with Crippen molar-refractivity contribution in [2.75, 3.05) is 47.5 Å². The third-order valence-corrected chi connectivity index (χ3v) is 7.53. The Kier molecular flexibility index (Phi) is 24.5. The summed E-state index contributed by atoms with van der Waals surface area (Å²) in [5.74, 6) is -0.839. The van der Waals surface area contributed by atoms with Crippen LogP contribution < -0.4 is 0 Å². The lowest BCUT2D eigenvalue weighted by molar-refractivity contribution is -0.870. The molecule has 2 unspecified atom stereocenters. The molecule has 9 nitrogen and oxygen atoms in total. The Morgan fingerprint density at radius 3 is 1.85 bits per heavy atom. The molecular formula is C31H61NO8P+. The van der Waals surface area contributed by atoms with E-state index in [0.29, 0.717) is 17.4 Å². The summed E-state index contributed by atoms with van der Waals surface area (Å²) in [6.45, 7) is 4.19. The van der Waals surface area contributed by atoms with Crippen LogP contribution in [0.4, 0.5) is 0 Å². The van der Waals surface area contributed by atoms with Gasteiger partial charge in [-0.2, -0.15) is 0 Å². The zero-order chi connectivity index (χ0) is 30.8. The lowest BCUT2D eigenvalue weighted by Gasteiger charge is -2.24. The maximum atomic E-state index is 12.4. The van der Waals surface area contributed by atoms with Crippen molar-refractivity contribution < 1.29 is 42.1 Å². The highest BCUT2D eigenvalue weighted by Crippen LogP contribution is 2.43. The van der Waals surface area contributed by atoms with Crippen LogP contribution in [0, 0.1) is 0 Å². The van der Waals surface area contributed by atoms with E-state index in [1.54, 1.807) is 0 Å². The number of unbranched alkanes of at least 4 members (excludes halogenated alkanes) is 12. The summed E-state index contributed by atoms with van der Waals surface area (Å²) in [7, 11) is 1.47. The van der Waals surface area contributed by atoms with Gasteiger partial charge in [0.2, 0.25) is 0 Å². The van der Waals surface area contributed by atoms with Gasteiger partial charge in [-0.15, -0.1) is 0 Å². The van der Waals surface area contributed by atoms with E-state index in [9.17, 15) is 19.0 Å². The summed E-state index contributed by atoms with van der Waals surface area (Å²) in [4.78, 5) is 34.5. The van der Waals surface area contributed by atoms with Gasteiger partial charge < -0.3 is 18.9 Å². The molecule has 0 amide bonds. The lowest BCUT2D eigenvalue weighted by atomic mass is 10.1. The molecule has 0 spiro atoms. The van der Waals surface area contributed by atoms with Crippen molar-refractivity contribution in [3.05, 3.63) is 12.2 Å². The topological polar surface area (TPSA) is 108 Å². The first-order chi connectivity index (χ1) is 19.5. The molecule has 0 aromatic carbocycles. The number of hydrogen-bond donors (Lipinski definition) is 1. The van der Waals surface area contributed by atoms with E-state index in [4.69, 9.17) is 18.5 Å². The highest BCUT2D eigenvalue weighted by Gasteiger charge is 2.27. The molecule has 0 aromatic heterocycles. The smallest absolute Gasteiger partial charge is 0.462 e. The van der Waals surface area contributed by atoms with Crippen LogP contribution in [0.3, 0.4) is 0 Å². The fourth-order valence-corrected chi connectivity index (χ4v) is 4.69. The third-order valence-electron chi connectivity index (χ3n) is 6.55. The Labute approximate surface area is 250 Å². The Morgan fingerprint density at radius 1 is 0.732 bits per heavy atom. The van der Waals surface area contributed by atoms with E-state index < -0.39 is 32.5 Å². The summed E-state index contributed by atoms with van der Waals surface area (Å²) in [5, 5.41) is 0. The summed E-state index contributed by atoms with van der Waals surface area (Å²) in [6.07, 6.45) is 20.5. The maximum absolute atomic E-state index is 12.4. The highest BCUT2D eigenvalue weighted by molar-refractivity contribution is 7.47. The number of rotatable bonds is 28. The van der Waals surface area contributed by atoms with Crippen LogP contribution in [0.25, 0.3) is 0 Å². The van der Waals surface area contributed by atoms with Crippen LogP contribution in [0.1, 0.15) is 123 Å². The van der Waals surface area contributed by atoms with Crippen molar-refractivity contribution in [3.8, 4) is 0 Å². The molecule has 0 radical (unpaired) electrons. The normalized spacial score (nSPS) is 14.2. The number of carbonyl (C=O) groups excluding carboxylic acids is 2. The van der Waals surface area contributed by atoms with Crippen molar-refractivity contribution >= 4 is 19.8 Å². The van der Waals surface area contributed by atoms with Crippen molar-refractivity contribution in [1.82, 2.24) is 0 Å². The zero-order valence-corrected chi connectivity index (χ0v) is 27.7. The SMILES string of the molecule is CCCCCCC/C=C\CCCCCCCC(=O)OC(COC(=O)CCCCC)COP(=O)(O)OCC[N+](C)(C)C. The van der Waals surface area contributed by atoms with Crippen LogP contribution in [0.5, 0.6) is 0 Å². The number of phosphoric acid groups is 1. The summed E-state index contributed by atoms with van der Waals surface area (Å²) in [5.41, 5.74) is 0. The largest absolute Gasteiger partial charge is 0.472 e. The molecule has 0 bridgehead atoms. The second kappa shape index (κ2) is 25.3. The van der Waals surface area contributed by atoms with Gasteiger partial charge in [-0.25, -0.2) is 4.57 Å². The second-order valence-corrected chi connectivity index (χ2v) is 13.3. The van der Waals surface area contributed by atoms with Gasteiger partial charge in [-0.1, -0.05) is 83.8 Å². The fourth-order valence-electron chi connectivity index (χ4n) is 3.95. The first-order valence-corrected chi connectivity index (χ1v) is 17.4. The van der Waals surface area contributed by atoms with Gasteiger partial charge in [-0.3, -0.25) is 18.6 Å². The molecule has 0 fully saturated rings. The number of esters is 2. The second-order valence-electron chi connectivity index (χ2n) is 11.8. The molecule has 0 aromatic rings. The molecule has 41 heavy (non-hydrogen) atoms. The molecule has 0 heterocycles. The van der Waals surface area contributed by atoms with Crippen molar-refractivity contribution in [2.45, 2.75) is 129 Å². The maximum Gasteiger partial charge on any atom is 0.472 e. The van der Waals surface area contributed by atoms with Crippen LogP contribution in [0.2, 0.25) is 0 Å². The molecule has 0 aliphatic carbocycles. The number of nitrogens with zero attached hydrogens (tertiary/aromatic N) is 1. The predicted molar refractivity (Wildman–Crippen MR) is 164 cm³/mol. The van der Waals surface area contributed by atoms with Gasteiger partial charge in [0.25, 0.3) is 0 Å². The molecule has 0 saturated carbocycles. The Balaban J connectivity index is 4.36. The first-order valence-electron chi connectivity index (χ1n) is 15.9. The highest BCUT2D eigenvalue weighted by atomic mass is 31.2. The van der Waals surface area contributed by atoms with Crippen molar-refractivity contribution in [3.63, 3.8) is 0 Å². The minimum Gasteiger partial charge on any atom is -0.462 e. The zero-order valence-electron chi connectivity index (χ0n) is 26.8. The van der Waals surface area contributed by atoms with E-state index in [1.807, 2.05) is 28.1 Å². The molecule has 0 saturated heterocycles. The monoisotopic (exact) mass is 606 g/mol. The lowest BCUT2D eigenvalue weighted by Crippen LogP contribution is -2.37. The van der Waals surface area contributed by atoms with E-state index >= 15 is 0 Å². The minimum absolute atomic E-state index is 0.0313. The van der Waals surface area contributed by atoms with E-state index in [2.05, 4.69) is 19.1 Å². The van der Waals surface area contributed by atoms with E-state index in [1.165, 1.54) is 38.5 Å². The molecule has 0 aliphatic rings. The minimum atomic E-state index is -4.34. The average Bonchev–Trinajstić information content (AvgIpc) is 2.89. The fraction of sp³-hybridized carbons (Fsp3) is 0.871. The number of likely N-dealkylation sites (N-methyl/N-ethyl adjacent to an activating group) is 1. The summed E-state index contributed by atoms with van der Waals surface area (Å²) in [6, 6.07) is 0. The summed E-state index contributed by atoms with van der Waals surface area (Å²) >= 11 is 0.